The second-order valence-corrected chi connectivity index (χ2v) is 7.72. The van der Waals surface area contributed by atoms with Gasteiger partial charge in [0.2, 0.25) is 0 Å². The summed E-state index contributed by atoms with van der Waals surface area (Å²) in [5.74, 6) is -1.68. The van der Waals surface area contributed by atoms with E-state index in [9.17, 15) is 8.78 Å². The molecule has 1 heterocycles. The minimum atomic E-state index is -0.859. The fourth-order valence-electron chi connectivity index (χ4n) is 2.97. The van der Waals surface area contributed by atoms with Gasteiger partial charge in [0.1, 0.15) is 0 Å². The summed E-state index contributed by atoms with van der Waals surface area (Å²) >= 11 is 9.67. The van der Waals surface area contributed by atoms with Gasteiger partial charge in [0.15, 0.2) is 11.6 Å². The van der Waals surface area contributed by atoms with Crippen molar-refractivity contribution in [2.75, 3.05) is 12.4 Å². The number of aromatic nitrogens is 1. The van der Waals surface area contributed by atoms with Crippen LogP contribution in [0.25, 0.3) is 10.9 Å². The Bertz CT molecular complexity index is 1140. The second-order valence-electron chi connectivity index (χ2n) is 6.77. The molecule has 4 rings (SSSR count). The number of hydrogen-bond donors (Lipinski definition) is 4. The van der Waals surface area contributed by atoms with Crippen molar-refractivity contribution >= 4 is 46.5 Å². The van der Waals surface area contributed by atoms with Crippen molar-refractivity contribution in [3.05, 3.63) is 88.6 Å². The lowest BCUT2D eigenvalue weighted by atomic mass is 10.1. The Balaban J connectivity index is 0.000000269. The summed E-state index contributed by atoms with van der Waals surface area (Å²) in [5, 5.41) is 7.87. The predicted molar refractivity (Wildman–Crippen MR) is 124 cm³/mol. The molecule has 1 aromatic heterocycles. The third kappa shape index (κ3) is 5.33. The maximum Gasteiger partial charge on any atom is 0.182 e. The second kappa shape index (κ2) is 9.98. The Labute approximate surface area is 184 Å². The van der Waals surface area contributed by atoms with Crippen LogP contribution >= 0.6 is 24.2 Å². The summed E-state index contributed by atoms with van der Waals surface area (Å²) in [4.78, 5) is 4.09. The SMILES string of the molecule is CNCc1c[nH]c2cc(Nc3ccc(C)c(F)c3F)ccc12.Sc1cccc(Cl)c1. The minimum absolute atomic E-state index is 0.129. The summed E-state index contributed by atoms with van der Waals surface area (Å²) in [6.07, 6.45) is 1.94. The average molecular weight is 446 g/mol. The smallest absolute Gasteiger partial charge is 0.182 e. The average Bonchev–Trinajstić information content (AvgIpc) is 3.11. The van der Waals surface area contributed by atoms with Crippen LogP contribution in [0.3, 0.4) is 0 Å². The van der Waals surface area contributed by atoms with Gasteiger partial charge in [0.05, 0.1) is 5.69 Å². The van der Waals surface area contributed by atoms with E-state index in [0.717, 1.165) is 32.9 Å². The van der Waals surface area contributed by atoms with Gasteiger partial charge in [-0.1, -0.05) is 29.8 Å². The Morgan fingerprint density at radius 3 is 2.50 bits per heavy atom. The number of fused-ring (bicyclic) bond motifs is 1. The fourth-order valence-corrected chi connectivity index (χ4v) is 3.47. The van der Waals surface area contributed by atoms with E-state index in [0.29, 0.717) is 11.3 Å². The molecule has 4 aromatic rings. The van der Waals surface area contributed by atoms with E-state index in [2.05, 4.69) is 28.2 Å². The molecule has 0 unspecified atom stereocenters. The molecule has 7 heteroatoms. The highest BCUT2D eigenvalue weighted by atomic mass is 35.5. The zero-order valence-corrected chi connectivity index (χ0v) is 18.2. The highest BCUT2D eigenvalue weighted by Gasteiger charge is 2.11. The topological polar surface area (TPSA) is 39.9 Å². The monoisotopic (exact) mass is 445 g/mol. The van der Waals surface area contributed by atoms with E-state index < -0.39 is 11.6 Å². The first-order valence-corrected chi connectivity index (χ1v) is 10.1. The van der Waals surface area contributed by atoms with E-state index >= 15 is 0 Å². The van der Waals surface area contributed by atoms with Crippen LogP contribution in [0, 0.1) is 18.6 Å². The van der Waals surface area contributed by atoms with Crippen LogP contribution in [0.2, 0.25) is 5.02 Å². The molecule has 0 radical (unpaired) electrons. The van der Waals surface area contributed by atoms with Crippen LogP contribution in [0.5, 0.6) is 0 Å². The van der Waals surface area contributed by atoms with Crippen molar-refractivity contribution in [3.8, 4) is 0 Å². The molecular formula is C23H22ClF2N3S. The van der Waals surface area contributed by atoms with E-state index in [1.165, 1.54) is 6.92 Å². The molecule has 30 heavy (non-hydrogen) atoms. The fraction of sp³-hybridized carbons (Fsp3) is 0.130. The van der Waals surface area contributed by atoms with Gasteiger partial charge in [-0.3, -0.25) is 0 Å². The minimum Gasteiger partial charge on any atom is -0.361 e. The van der Waals surface area contributed by atoms with Gasteiger partial charge in [-0.2, -0.15) is 0 Å². The number of anilines is 2. The number of H-pyrrole nitrogens is 1. The molecule has 3 nitrogen and oxygen atoms in total. The zero-order chi connectivity index (χ0) is 21.7. The molecule has 0 amide bonds. The third-order valence-corrected chi connectivity index (χ3v) is 5.01. The van der Waals surface area contributed by atoms with Crippen molar-refractivity contribution in [1.82, 2.24) is 10.3 Å². The van der Waals surface area contributed by atoms with Crippen LogP contribution < -0.4 is 10.6 Å². The molecule has 0 aliphatic carbocycles. The number of nitrogens with one attached hydrogen (secondary N) is 3. The number of thiol groups is 1. The molecule has 0 spiro atoms. The van der Waals surface area contributed by atoms with Gasteiger partial charge in [0.25, 0.3) is 0 Å². The summed E-state index contributed by atoms with van der Waals surface area (Å²) in [6, 6.07) is 16.2. The van der Waals surface area contributed by atoms with Crippen LogP contribution in [0.15, 0.2) is 65.7 Å². The molecule has 0 bridgehead atoms. The molecule has 0 saturated heterocycles. The Morgan fingerprint density at radius 2 is 1.83 bits per heavy atom. The van der Waals surface area contributed by atoms with Gasteiger partial charge >= 0.3 is 0 Å². The van der Waals surface area contributed by atoms with E-state index in [4.69, 9.17) is 11.6 Å². The van der Waals surface area contributed by atoms with Gasteiger partial charge in [0, 0.05) is 39.3 Å². The quantitative estimate of drug-likeness (QED) is 0.259. The Hall–Kier alpha value is -2.54. The number of benzene rings is 3. The zero-order valence-electron chi connectivity index (χ0n) is 16.6. The van der Waals surface area contributed by atoms with Crippen molar-refractivity contribution < 1.29 is 8.78 Å². The standard InChI is InChI=1S/C17H17F2N3.C6H5ClS/c1-10-3-6-14(17(19)16(10)18)22-12-4-5-13-11(8-20-2)9-21-15(13)7-12;7-5-2-1-3-6(8)4-5/h3-7,9,20-22H,8H2,1-2H3;1-4,8H. The van der Waals surface area contributed by atoms with Gasteiger partial charge in [-0.25, -0.2) is 8.78 Å². The van der Waals surface area contributed by atoms with Gasteiger partial charge in [-0.15, -0.1) is 12.6 Å². The van der Waals surface area contributed by atoms with E-state index in [1.54, 1.807) is 18.2 Å². The van der Waals surface area contributed by atoms with Crippen molar-refractivity contribution in [1.29, 1.82) is 0 Å². The molecule has 0 fully saturated rings. The molecular weight excluding hydrogens is 424 g/mol. The number of halogens is 3. The molecule has 3 aromatic carbocycles. The van der Waals surface area contributed by atoms with Gasteiger partial charge < -0.3 is 15.6 Å². The van der Waals surface area contributed by atoms with Crippen LogP contribution in [-0.2, 0) is 6.54 Å². The van der Waals surface area contributed by atoms with Crippen molar-refractivity contribution in [2.24, 2.45) is 0 Å². The molecule has 0 aliphatic rings. The van der Waals surface area contributed by atoms with Gasteiger partial charge in [-0.05, 0) is 61.5 Å². The number of rotatable bonds is 4. The molecule has 0 aliphatic heterocycles. The lowest BCUT2D eigenvalue weighted by molar-refractivity contribution is 0.506. The van der Waals surface area contributed by atoms with Crippen molar-refractivity contribution in [3.63, 3.8) is 0 Å². The predicted octanol–water partition coefficient (Wildman–Crippen LogP) is 6.85. The molecule has 156 valence electrons. The molecule has 0 atom stereocenters. The summed E-state index contributed by atoms with van der Waals surface area (Å²) < 4.78 is 27.5. The Kier molecular flexibility index (Phi) is 7.37. The van der Waals surface area contributed by atoms with Crippen molar-refractivity contribution in [2.45, 2.75) is 18.4 Å². The summed E-state index contributed by atoms with van der Waals surface area (Å²) in [7, 11) is 1.89. The Morgan fingerprint density at radius 1 is 1.03 bits per heavy atom. The first-order chi connectivity index (χ1) is 14.4. The van der Waals surface area contributed by atoms with E-state index in [-0.39, 0.29) is 5.69 Å². The summed E-state index contributed by atoms with van der Waals surface area (Å²) in [6.45, 7) is 2.31. The lowest BCUT2D eigenvalue weighted by Gasteiger charge is -2.09. The highest BCUT2D eigenvalue weighted by Crippen LogP contribution is 2.27. The maximum absolute atomic E-state index is 13.9. The lowest BCUT2D eigenvalue weighted by Crippen LogP contribution is -2.04. The summed E-state index contributed by atoms with van der Waals surface area (Å²) in [5.41, 5.74) is 3.23. The number of aromatic amines is 1. The number of aryl methyl sites for hydroxylation is 1. The van der Waals surface area contributed by atoms with Crippen LogP contribution in [0.4, 0.5) is 20.2 Å². The normalized spacial score (nSPS) is 10.6. The third-order valence-electron chi connectivity index (χ3n) is 4.50. The first kappa shape index (κ1) is 22.2. The molecule has 3 N–H and O–H groups in total. The number of hydrogen-bond acceptors (Lipinski definition) is 3. The molecule has 0 saturated carbocycles. The van der Waals surface area contributed by atoms with E-state index in [1.807, 2.05) is 49.6 Å². The van der Waals surface area contributed by atoms with Crippen LogP contribution in [-0.4, -0.2) is 12.0 Å². The largest absolute Gasteiger partial charge is 0.361 e. The highest BCUT2D eigenvalue weighted by molar-refractivity contribution is 7.80. The van der Waals surface area contributed by atoms with Crippen LogP contribution in [0.1, 0.15) is 11.1 Å². The first-order valence-electron chi connectivity index (χ1n) is 9.30. The maximum atomic E-state index is 13.9.